The molecule has 1 atom stereocenters. The van der Waals surface area contributed by atoms with Crippen molar-refractivity contribution in [1.82, 2.24) is 9.80 Å². The first kappa shape index (κ1) is 15.0. The van der Waals surface area contributed by atoms with Crippen LogP contribution in [-0.2, 0) is 11.3 Å². The normalized spacial score (nSPS) is 20.2. The molecule has 1 N–H and O–H groups in total. The van der Waals surface area contributed by atoms with Crippen molar-refractivity contribution in [2.45, 2.75) is 19.4 Å². The summed E-state index contributed by atoms with van der Waals surface area (Å²) in [6.45, 7) is 4.00. The van der Waals surface area contributed by atoms with E-state index in [1.165, 1.54) is 12.0 Å². The highest BCUT2D eigenvalue weighted by Crippen LogP contribution is 2.17. The lowest BCUT2D eigenvalue weighted by atomic mass is 9.97. The number of hydrogen-bond donors (Lipinski definition) is 1. The van der Waals surface area contributed by atoms with Crippen LogP contribution in [0.4, 0.5) is 0 Å². The molecule has 110 valence electrons. The van der Waals surface area contributed by atoms with Crippen LogP contribution in [0.1, 0.15) is 18.4 Å². The maximum Gasteiger partial charge on any atom is 0.317 e. The van der Waals surface area contributed by atoms with Gasteiger partial charge in [0.05, 0.1) is 6.54 Å². The zero-order valence-electron chi connectivity index (χ0n) is 12.2. The van der Waals surface area contributed by atoms with Crippen molar-refractivity contribution < 1.29 is 9.90 Å². The summed E-state index contributed by atoms with van der Waals surface area (Å²) >= 11 is 0. The molecule has 0 spiro atoms. The van der Waals surface area contributed by atoms with Gasteiger partial charge in [-0.05, 0) is 37.9 Å². The van der Waals surface area contributed by atoms with E-state index in [0.29, 0.717) is 5.92 Å². The van der Waals surface area contributed by atoms with Crippen molar-refractivity contribution in [2.75, 3.05) is 33.2 Å². The van der Waals surface area contributed by atoms with E-state index in [9.17, 15) is 4.79 Å². The van der Waals surface area contributed by atoms with E-state index in [0.717, 1.165) is 32.6 Å². The van der Waals surface area contributed by atoms with Gasteiger partial charge in [0.15, 0.2) is 0 Å². The van der Waals surface area contributed by atoms with Crippen LogP contribution in [0.2, 0.25) is 0 Å². The molecule has 20 heavy (non-hydrogen) atoms. The summed E-state index contributed by atoms with van der Waals surface area (Å²) in [6, 6.07) is 10.5. The minimum Gasteiger partial charge on any atom is -0.480 e. The SMILES string of the molecule is CN(Cc1ccccc1)CC1CCCN(CC(=O)O)C1. The van der Waals surface area contributed by atoms with Gasteiger partial charge in [0.1, 0.15) is 0 Å². The highest BCUT2D eigenvalue weighted by atomic mass is 16.4. The summed E-state index contributed by atoms with van der Waals surface area (Å²) in [5.41, 5.74) is 1.33. The van der Waals surface area contributed by atoms with E-state index in [1.54, 1.807) is 0 Å². The Morgan fingerprint density at radius 1 is 1.40 bits per heavy atom. The summed E-state index contributed by atoms with van der Waals surface area (Å²) in [6.07, 6.45) is 2.31. The number of hydrogen-bond acceptors (Lipinski definition) is 3. The lowest BCUT2D eigenvalue weighted by Gasteiger charge is -2.33. The number of piperidine rings is 1. The number of carboxylic acids is 1. The highest BCUT2D eigenvalue weighted by molar-refractivity contribution is 5.69. The molecule has 1 aliphatic rings. The van der Waals surface area contributed by atoms with E-state index in [2.05, 4.69) is 41.1 Å². The fourth-order valence-corrected chi connectivity index (χ4v) is 3.04. The van der Waals surface area contributed by atoms with Crippen LogP contribution in [-0.4, -0.2) is 54.1 Å². The molecule has 4 heteroatoms. The Hall–Kier alpha value is -1.39. The zero-order chi connectivity index (χ0) is 14.4. The maximum absolute atomic E-state index is 10.8. The summed E-state index contributed by atoms with van der Waals surface area (Å²) in [5.74, 6) is -0.139. The van der Waals surface area contributed by atoms with Gasteiger partial charge in [-0.1, -0.05) is 30.3 Å². The molecule has 1 aromatic rings. The molecular formula is C16H24N2O2. The first-order valence-corrected chi connectivity index (χ1v) is 7.30. The van der Waals surface area contributed by atoms with Crippen molar-refractivity contribution in [1.29, 1.82) is 0 Å². The van der Waals surface area contributed by atoms with Gasteiger partial charge < -0.3 is 10.0 Å². The van der Waals surface area contributed by atoms with Gasteiger partial charge in [0.25, 0.3) is 0 Å². The molecule has 2 rings (SSSR count). The smallest absolute Gasteiger partial charge is 0.317 e. The first-order chi connectivity index (χ1) is 9.63. The quantitative estimate of drug-likeness (QED) is 0.862. The van der Waals surface area contributed by atoms with Gasteiger partial charge in [0, 0.05) is 19.6 Å². The van der Waals surface area contributed by atoms with Crippen molar-refractivity contribution in [2.24, 2.45) is 5.92 Å². The summed E-state index contributed by atoms with van der Waals surface area (Å²) in [7, 11) is 2.14. The molecule has 0 amide bonds. The van der Waals surface area contributed by atoms with Crippen molar-refractivity contribution in [3.63, 3.8) is 0 Å². The molecule has 0 bridgehead atoms. The number of aliphatic carboxylic acids is 1. The second kappa shape index (κ2) is 7.41. The molecule has 4 nitrogen and oxygen atoms in total. The van der Waals surface area contributed by atoms with Crippen molar-refractivity contribution in [3.8, 4) is 0 Å². The number of carboxylic acid groups (broad SMARTS) is 1. The van der Waals surface area contributed by atoms with Gasteiger partial charge in [-0.2, -0.15) is 0 Å². The number of nitrogens with zero attached hydrogens (tertiary/aromatic N) is 2. The second-order valence-corrected chi connectivity index (χ2v) is 5.82. The third-order valence-electron chi connectivity index (χ3n) is 3.83. The van der Waals surface area contributed by atoms with E-state index in [1.807, 2.05) is 6.07 Å². The Balaban J connectivity index is 1.78. The molecule has 1 unspecified atom stereocenters. The molecular weight excluding hydrogens is 252 g/mol. The van der Waals surface area contributed by atoms with E-state index >= 15 is 0 Å². The Kier molecular flexibility index (Phi) is 5.56. The Labute approximate surface area is 121 Å². The number of benzene rings is 1. The molecule has 0 aliphatic carbocycles. The van der Waals surface area contributed by atoms with Crippen LogP contribution in [0.5, 0.6) is 0 Å². The van der Waals surface area contributed by atoms with Crippen LogP contribution in [0.15, 0.2) is 30.3 Å². The van der Waals surface area contributed by atoms with Crippen LogP contribution < -0.4 is 0 Å². The fourth-order valence-electron chi connectivity index (χ4n) is 3.04. The minimum absolute atomic E-state index is 0.179. The Bertz CT molecular complexity index is 422. The largest absolute Gasteiger partial charge is 0.480 e. The van der Waals surface area contributed by atoms with Gasteiger partial charge in [0.2, 0.25) is 0 Å². The van der Waals surface area contributed by atoms with E-state index in [-0.39, 0.29) is 6.54 Å². The Morgan fingerprint density at radius 2 is 2.15 bits per heavy atom. The maximum atomic E-state index is 10.8. The van der Waals surface area contributed by atoms with Gasteiger partial charge in [-0.3, -0.25) is 9.69 Å². The molecule has 0 aromatic heterocycles. The first-order valence-electron chi connectivity index (χ1n) is 7.30. The molecule has 1 heterocycles. The average Bonchev–Trinajstić information content (AvgIpc) is 2.39. The molecule has 1 aliphatic heterocycles. The zero-order valence-corrected chi connectivity index (χ0v) is 12.2. The predicted molar refractivity (Wildman–Crippen MR) is 79.6 cm³/mol. The number of likely N-dealkylation sites (tertiary alicyclic amines) is 1. The van der Waals surface area contributed by atoms with Crippen molar-refractivity contribution in [3.05, 3.63) is 35.9 Å². The molecule has 1 aromatic carbocycles. The molecule has 0 saturated carbocycles. The standard InChI is InChI=1S/C16H24N2O2/c1-17(10-14-6-3-2-4-7-14)11-15-8-5-9-18(12-15)13-16(19)20/h2-4,6-7,15H,5,8-13H2,1H3,(H,19,20). The lowest BCUT2D eigenvalue weighted by Crippen LogP contribution is -2.42. The minimum atomic E-state index is -0.719. The van der Waals surface area contributed by atoms with E-state index < -0.39 is 5.97 Å². The summed E-state index contributed by atoms with van der Waals surface area (Å²) < 4.78 is 0. The van der Waals surface area contributed by atoms with Crippen LogP contribution >= 0.6 is 0 Å². The lowest BCUT2D eigenvalue weighted by molar-refractivity contribution is -0.138. The van der Waals surface area contributed by atoms with Crippen LogP contribution in [0.25, 0.3) is 0 Å². The number of carbonyl (C=O) groups is 1. The molecule has 0 radical (unpaired) electrons. The molecule has 1 fully saturated rings. The van der Waals surface area contributed by atoms with Crippen LogP contribution in [0, 0.1) is 5.92 Å². The average molecular weight is 276 g/mol. The third kappa shape index (κ3) is 4.94. The molecule has 1 saturated heterocycles. The predicted octanol–water partition coefficient (Wildman–Crippen LogP) is 1.91. The third-order valence-corrected chi connectivity index (χ3v) is 3.83. The van der Waals surface area contributed by atoms with Gasteiger partial charge in [-0.15, -0.1) is 0 Å². The van der Waals surface area contributed by atoms with Gasteiger partial charge in [-0.25, -0.2) is 0 Å². The highest BCUT2D eigenvalue weighted by Gasteiger charge is 2.22. The Morgan fingerprint density at radius 3 is 2.85 bits per heavy atom. The second-order valence-electron chi connectivity index (χ2n) is 5.82. The van der Waals surface area contributed by atoms with Crippen molar-refractivity contribution >= 4 is 5.97 Å². The monoisotopic (exact) mass is 276 g/mol. The van der Waals surface area contributed by atoms with Gasteiger partial charge >= 0.3 is 5.97 Å². The summed E-state index contributed by atoms with van der Waals surface area (Å²) in [5, 5.41) is 8.88. The van der Waals surface area contributed by atoms with Crippen LogP contribution in [0.3, 0.4) is 0 Å². The van der Waals surface area contributed by atoms with E-state index in [4.69, 9.17) is 5.11 Å². The topological polar surface area (TPSA) is 43.8 Å². The fraction of sp³-hybridized carbons (Fsp3) is 0.562. The number of rotatable bonds is 6. The summed E-state index contributed by atoms with van der Waals surface area (Å²) in [4.78, 5) is 15.2.